The molecule has 3 N–H and O–H groups in total. The van der Waals surface area contributed by atoms with Crippen LogP contribution < -0.4 is 16.0 Å². The molecule has 1 aromatic rings. The van der Waals surface area contributed by atoms with Gasteiger partial charge in [0.15, 0.2) is 11.8 Å². The molecule has 154 valence electrons. The van der Waals surface area contributed by atoms with Crippen LogP contribution in [0.4, 0.5) is 0 Å². The number of hydrogen-bond donors (Lipinski definition) is 3. The molecule has 0 aromatic carbocycles. The molecule has 1 aliphatic rings. The maximum absolute atomic E-state index is 12.2. The maximum Gasteiger partial charge on any atom is 0.227 e. The van der Waals surface area contributed by atoms with Crippen LogP contribution in [0.5, 0.6) is 0 Å². The summed E-state index contributed by atoms with van der Waals surface area (Å²) in [5.41, 5.74) is -0.542. The van der Waals surface area contributed by atoms with Crippen LogP contribution in [-0.4, -0.2) is 52.3 Å². The van der Waals surface area contributed by atoms with Crippen molar-refractivity contribution in [1.29, 1.82) is 0 Å². The summed E-state index contributed by atoms with van der Waals surface area (Å²) in [6, 6.07) is 0.249. The molecule has 0 bridgehead atoms. The first-order valence-electron chi connectivity index (χ1n) is 9.65. The number of hydrogen-bond acceptors (Lipinski definition) is 4. The fourth-order valence-corrected chi connectivity index (χ4v) is 2.89. The van der Waals surface area contributed by atoms with Crippen molar-refractivity contribution in [2.24, 2.45) is 10.4 Å². The number of carbonyl (C=O) groups is 1. The van der Waals surface area contributed by atoms with Crippen molar-refractivity contribution < 1.29 is 4.79 Å². The van der Waals surface area contributed by atoms with Gasteiger partial charge < -0.3 is 16.0 Å². The van der Waals surface area contributed by atoms with Gasteiger partial charge in [0.25, 0.3) is 0 Å². The van der Waals surface area contributed by atoms with E-state index in [4.69, 9.17) is 0 Å². The quantitative estimate of drug-likeness (QED) is 0.305. The van der Waals surface area contributed by atoms with Gasteiger partial charge in [0.2, 0.25) is 5.91 Å². The van der Waals surface area contributed by atoms with Crippen molar-refractivity contribution in [3.8, 4) is 0 Å². The van der Waals surface area contributed by atoms with Crippen LogP contribution in [0.25, 0.3) is 0 Å². The van der Waals surface area contributed by atoms with Crippen LogP contribution in [0.1, 0.15) is 52.7 Å². The molecule has 1 aliphatic heterocycles. The van der Waals surface area contributed by atoms with Gasteiger partial charge in [0, 0.05) is 32.0 Å². The minimum absolute atomic E-state index is 0. The largest absolute Gasteiger partial charge is 0.357 e. The van der Waals surface area contributed by atoms with Crippen LogP contribution in [0.3, 0.4) is 0 Å². The molecule has 1 aromatic heterocycles. The van der Waals surface area contributed by atoms with Gasteiger partial charge in [-0.3, -0.25) is 9.79 Å². The Hall–Kier alpha value is -1.39. The average Bonchev–Trinajstić information content (AvgIpc) is 3.02. The molecule has 0 saturated carbocycles. The number of amides is 1. The number of guanidine groups is 1. The van der Waals surface area contributed by atoms with Gasteiger partial charge in [-0.1, -0.05) is 6.92 Å². The van der Waals surface area contributed by atoms with E-state index in [0.29, 0.717) is 13.1 Å². The third-order valence-corrected chi connectivity index (χ3v) is 4.49. The first-order chi connectivity index (χ1) is 12.4. The number of nitrogens with one attached hydrogen (secondary N) is 3. The van der Waals surface area contributed by atoms with Gasteiger partial charge in [-0.2, -0.15) is 5.10 Å². The molecule has 0 fully saturated rings. The first kappa shape index (κ1) is 23.6. The molecule has 1 atom stereocenters. The van der Waals surface area contributed by atoms with Gasteiger partial charge >= 0.3 is 0 Å². The number of nitrogens with zero attached hydrogens (tertiary/aromatic N) is 4. The van der Waals surface area contributed by atoms with Gasteiger partial charge in [-0.25, -0.2) is 9.67 Å². The van der Waals surface area contributed by atoms with Crippen LogP contribution in [-0.2, 0) is 24.2 Å². The van der Waals surface area contributed by atoms with Crippen LogP contribution in [0.2, 0.25) is 0 Å². The summed E-state index contributed by atoms with van der Waals surface area (Å²) < 4.78 is 2.00. The number of fused-ring (bicyclic) bond motifs is 1. The van der Waals surface area contributed by atoms with E-state index in [1.807, 2.05) is 32.4 Å². The van der Waals surface area contributed by atoms with Crippen LogP contribution in [0.15, 0.2) is 4.99 Å². The Morgan fingerprint density at radius 3 is 2.59 bits per heavy atom. The molecule has 9 heteroatoms. The summed E-state index contributed by atoms with van der Waals surface area (Å²) in [5, 5.41) is 14.2. The Bertz CT molecular complexity index is 642. The van der Waals surface area contributed by atoms with Crippen molar-refractivity contribution in [3.05, 3.63) is 11.6 Å². The number of aryl methyl sites for hydroxylation is 2. The molecule has 27 heavy (non-hydrogen) atoms. The number of aromatic nitrogens is 3. The fourth-order valence-electron chi connectivity index (χ4n) is 2.89. The zero-order valence-corrected chi connectivity index (χ0v) is 19.5. The summed E-state index contributed by atoms with van der Waals surface area (Å²) >= 11 is 0. The third-order valence-electron chi connectivity index (χ3n) is 4.49. The van der Waals surface area contributed by atoms with Crippen molar-refractivity contribution >= 4 is 35.8 Å². The molecule has 1 amide bonds. The van der Waals surface area contributed by atoms with Crippen LogP contribution in [0, 0.1) is 5.41 Å². The number of aliphatic imine (C=N–C) groups is 1. The van der Waals surface area contributed by atoms with Gasteiger partial charge in [-0.05, 0) is 34.1 Å². The van der Waals surface area contributed by atoms with Crippen LogP contribution >= 0.6 is 24.0 Å². The Kier molecular flexibility index (Phi) is 9.48. The van der Waals surface area contributed by atoms with E-state index in [-0.39, 0.29) is 35.9 Å². The number of rotatable bonds is 7. The molecule has 0 spiro atoms. The Labute approximate surface area is 179 Å². The van der Waals surface area contributed by atoms with Crippen molar-refractivity contribution in [2.75, 3.05) is 19.6 Å². The molecule has 2 rings (SSSR count). The lowest BCUT2D eigenvalue weighted by atomic mass is 9.92. The molecule has 2 heterocycles. The Morgan fingerprint density at radius 2 is 1.96 bits per heavy atom. The van der Waals surface area contributed by atoms with E-state index in [1.54, 1.807) is 0 Å². The van der Waals surface area contributed by atoms with Gasteiger partial charge in [-0.15, -0.1) is 24.0 Å². The Morgan fingerprint density at radius 1 is 1.26 bits per heavy atom. The highest BCUT2D eigenvalue weighted by molar-refractivity contribution is 14.0. The summed E-state index contributed by atoms with van der Waals surface area (Å²) in [5.74, 6) is 2.75. The van der Waals surface area contributed by atoms with E-state index < -0.39 is 5.41 Å². The summed E-state index contributed by atoms with van der Waals surface area (Å²) in [6.45, 7) is 12.5. The van der Waals surface area contributed by atoms with Crippen molar-refractivity contribution in [1.82, 2.24) is 30.7 Å². The van der Waals surface area contributed by atoms with Gasteiger partial charge in [0.05, 0.1) is 18.5 Å². The second-order valence-electron chi connectivity index (χ2n) is 7.30. The van der Waals surface area contributed by atoms with E-state index in [1.165, 1.54) is 0 Å². The van der Waals surface area contributed by atoms with Crippen molar-refractivity contribution in [3.63, 3.8) is 0 Å². The lowest BCUT2D eigenvalue weighted by Crippen LogP contribution is -2.48. The highest BCUT2D eigenvalue weighted by Gasteiger charge is 2.27. The topological polar surface area (TPSA) is 96.2 Å². The first-order valence-corrected chi connectivity index (χ1v) is 9.65. The zero-order chi connectivity index (χ0) is 19.2. The van der Waals surface area contributed by atoms with E-state index in [2.05, 4.69) is 37.9 Å². The molecular formula is C18H34IN7O. The van der Waals surface area contributed by atoms with E-state index in [9.17, 15) is 4.79 Å². The highest BCUT2D eigenvalue weighted by Crippen LogP contribution is 2.16. The highest BCUT2D eigenvalue weighted by atomic mass is 127. The summed E-state index contributed by atoms with van der Waals surface area (Å²) in [7, 11) is 0. The molecule has 8 nitrogen and oxygen atoms in total. The monoisotopic (exact) mass is 491 g/mol. The molecule has 0 radical (unpaired) electrons. The van der Waals surface area contributed by atoms with E-state index >= 15 is 0 Å². The lowest BCUT2D eigenvalue weighted by molar-refractivity contribution is -0.128. The third kappa shape index (κ3) is 6.62. The smallest absolute Gasteiger partial charge is 0.227 e. The molecule has 0 saturated heterocycles. The predicted molar refractivity (Wildman–Crippen MR) is 119 cm³/mol. The molecule has 1 unspecified atom stereocenters. The summed E-state index contributed by atoms with van der Waals surface area (Å²) in [6.07, 6.45) is 2.76. The second kappa shape index (κ2) is 10.8. The standard InChI is InChI=1S/C18H33N7O.HI/c1-6-14-23-15-10-9-13(11-25(15)24-14)22-17(20-8-3)21-12-18(4,5)16(26)19-7-2;/h13H,6-12H2,1-5H3,(H,19,26)(H2,20,21,22);1H. The van der Waals surface area contributed by atoms with Crippen molar-refractivity contribution in [2.45, 2.75) is 66.5 Å². The molecular weight excluding hydrogens is 457 g/mol. The lowest BCUT2D eigenvalue weighted by Gasteiger charge is -2.26. The second-order valence-corrected chi connectivity index (χ2v) is 7.30. The Balaban J connectivity index is 0.00000364. The normalized spacial score (nSPS) is 16.9. The number of halogens is 1. The maximum atomic E-state index is 12.2. The van der Waals surface area contributed by atoms with Gasteiger partial charge in [0.1, 0.15) is 5.82 Å². The SMILES string of the molecule is CCNC(=O)C(C)(C)CN=C(NCC)NC1CCc2nc(CC)nn2C1.I. The minimum atomic E-state index is -0.542. The predicted octanol–water partition coefficient (Wildman–Crippen LogP) is 1.49. The molecule has 0 aliphatic carbocycles. The number of carbonyl (C=O) groups excluding carboxylic acids is 1. The fraction of sp³-hybridized carbons (Fsp3) is 0.778. The summed E-state index contributed by atoms with van der Waals surface area (Å²) in [4.78, 5) is 21.4. The van der Waals surface area contributed by atoms with E-state index in [0.717, 1.165) is 50.0 Å². The zero-order valence-electron chi connectivity index (χ0n) is 17.1. The average molecular weight is 491 g/mol. The minimum Gasteiger partial charge on any atom is -0.357 e.